The molecule has 19 heavy (non-hydrogen) atoms. The molecule has 1 aromatic heterocycles. The van der Waals surface area contributed by atoms with E-state index in [1.807, 2.05) is 12.3 Å². The number of aromatic nitrogens is 1. The van der Waals surface area contributed by atoms with Gasteiger partial charge in [0.1, 0.15) is 5.82 Å². The van der Waals surface area contributed by atoms with Gasteiger partial charge in [-0.05, 0) is 43.2 Å². The maximum absolute atomic E-state index is 4.44. The number of pyridine rings is 1. The van der Waals surface area contributed by atoms with Crippen LogP contribution >= 0.6 is 0 Å². The van der Waals surface area contributed by atoms with Crippen LogP contribution in [0.1, 0.15) is 39.0 Å². The van der Waals surface area contributed by atoms with Crippen LogP contribution in [0.2, 0.25) is 0 Å². The zero-order valence-electron chi connectivity index (χ0n) is 11.9. The zero-order valence-corrected chi connectivity index (χ0v) is 11.9. The summed E-state index contributed by atoms with van der Waals surface area (Å²) in [6, 6.07) is 6.88. The SMILES string of the molecule is CC1(CNC2CCN(c3ccccn3)CC2)CCC1. The van der Waals surface area contributed by atoms with Gasteiger partial charge in [0.05, 0.1) is 0 Å². The Kier molecular flexibility index (Phi) is 3.74. The van der Waals surface area contributed by atoms with E-state index in [4.69, 9.17) is 0 Å². The molecule has 3 nitrogen and oxygen atoms in total. The van der Waals surface area contributed by atoms with E-state index in [-0.39, 0.29) is 0 Å². The molecule has 2 aliphatic rings. The van der Waals surface area contributed by atoms with Crippen molar-refractivity contribution in [3.05, 3.63) is 24.4 Å². The Labute approximate surface area is 116 Å². The van der Waals surface area contributed by atoms with Crippen LogP contribution in [-0.4, -0.2) is 30.7 Å². The first kappa shape index (κ1) is 12.9. The molecule has 2 fully saturated rings. The van der Waals surface area contributed by atoms with Gasteiger partial charge in [0.25, 0.3) is 0 Å². The quantitative estimate of drug-likeness (QED) is 0.901. The van der Waals surface area contributed by atoms with Crippen molar-refractivity contribution in [3.8, 4) is 0 Å². The third-order valence-corrected chi connectivity index (χ3v) is 4.85. The maximum Gasteiger partial charge on any atom is 0.128 e. The fourth-order valence-electron chi connectivity index (χ4n) is 3.20. The largest absolute Gasteiger partial charge is 0.357 e. The van der Waals surface area contributed by atoms with Crippen molar-refractivity contribution in [2.45, 2.75) is 45.1 Å². The highest BCUT2D eigenvalue weighted by Crippen LogP contribution is 2.39. The van der Waals surface area contributed by atoms with Gasteiger partial charge in [-0.15, -0.1) is 0 Å². The predicted molar refractivity (Wildman–Crippen MR) is 79.4 cm³/mol. The van der Waals surface area contributed by atoms with Crippen LogP contribution in [-0.2, 0) is 0 Å². The Balaban J connectivity index is 1.44. The van der Waals surface area contributed by atoms with E-state index in [1.54, 1.807) is 0 Å². The summed E-state index contributed by atoms with van der Waals surface area (Å²) in [6.07, 6.45) is 8.62. The first-order valence-electron chi connectivity index (χ1n) is 7.65. The van der Waals surface area contributed by atoms with Crippen LogP contribution < -0.4 is 10.2 Å². The molecule has 1 N–H and O–H groups in total. The molecule has 0 bridgehead atoms. The zero-order chi connectivity index (χ0) is 13.1. The summed E-state index contributed by atoms with van der Waals surface area (Å²) in [5, 5.41) is 3.79. The van der Waals surface area contributed by atoms with Crippen molar-refractivity contribution >= 4 is 5.82 Å². The van der Waals surface area contributed by atoms with Crippen LogP contribution in [0.15, 0.2) is 24.4 Å². The Morgan fingerprint density at radius 2 is 2.11 bits per heavy atom. The molecule has 3 heteroatoms. The van der Waals surface area contributed by atoms with E-state index in [9.17, 15) is 0 Å². The highest BCUT2D eigenvalue weighted by molar-refractivity contribution is 5.38. The molecular formula is C16H25N3. The van der Waals surface area contributed by atoms with Gasteiger partial charge in [-0.3, -0.25) is 0 Å². The predicted octanol–water partition coefficient (Wildman–Crippen LogP) is 2.83. The van der Waals surface area contributed by atoms with Crippen molar-refractivity contribution < 1.29 is 0 Å². The van der Waals surface area contributed by atoms with Gasteiger partial charge in [-0.2, -0.15) is 0 Å². The summed E-state index contributed by atoms with van der Waals surface area (Å²) >= 11 is 0. The molecule has 0 unspecified atom stereocenters. The normalized spacial score (nSPS) is 23.1. The molecule has 1 aliphatic heterocycles. The topological polar surface area (TPSA) is 28.2 Å². The summed E-state index contributed by atoms with van der Waals surface area (Å²) in [6.45, 7) is 5.89. The van der Waals surface area contributed by atoms with Crippen LogP contribution in [0.5, 0.6) is 0 Å². The smallest absolute Gasteiger partial charge is 0.128 e. The van der Waals surface area contributed by atoms with E-state index in [2.05, 4.69) is 34.3 Å². The lowest BCUT2D eigenvalue weighted by Crippen LogP contribution is -2.47. The molecule has 0 atom stereocenters. The molecule has 0 spiro atoms. The number of hydrogen-bond acceptors (Lipinski definition) is 3. The summed E-state index contributed by atoms with van der Waals surface area (Å²) in [5.74, 6) is 1.13. The van der Waals surface area contributed by atoms with E-state index < -0.39 is 0 Å². The van der Waals surface area contributed by atoms with Gasteiger partial charge in [0.15, 0.2) is 0 Å². The summed E-state index contributed by atoms with van der Waals surface area (Å²) in [7, 11) is 0. The fourth-order valence-corrected chi connectivity index (χ4v) is 3.20. The van der Waals surface area contributed by atoms with E-state index >= 15 is 0 Å². The number of hydrogen-bond donors (Lipinski definition) is 1. The molecule has 104 valence electrons. The number of anilines is 1. The molecule has 1 aliphatic carbocycles. The van der Waals surface area contributed by atoms with Crippen molar-refractivity contribution in [1.29, 1.82) is 0 Å². The van der Waals surface area contributed by atoms with Crippen LogP contribution in [0.4, 0.5) is 5.82 Å². The number of nitrogens with one attached hydrogen (secondary N) is 1. The van der Waals surface area contributed by atoms with Gasteiger partial charge in [0, 0.05) is 31.9 Å². The van der Waals surface area contributed by atoms with E-state index in [0.717, 1.165) is 18.9 Å². The van der Waals surface area contributed by atoms with Gasteiger partial charge in [0.2, 0.25) is 0 Å². The molecule has 1 saturated heterocycles. The fraction of sp³-hybridized carbons (Fsp3) is 0.688. The molecule has 0 amide bonds. The standard InChI is InChI=1S/C16H25N3/c1-16(8-4-9-16)13-18-14-6-11-19(12-7-14)15-5-2-3-10-17-15/h2-3,5,10,14,18H,4,6-9,11-13H2,1H3. The highest BCUT2D eigenvalue weighted by atomic mass is 15.2. The Morgan fingerprint density at radius 3 is 2.68 bits per heavy atom. The Bertz CT molecular complexity index is 392. The molecule has 1 saturated carbocycles. The lowest BCUT2D eigenvalue weighted by atomic mass is 9.70. The van der Waals surface area contributed by atoms with Crippen molar-refractivity contribution in [2.75, 3.05) is 24.5 Å². The number of rotatable bonds is 4. The Morgan fingerprint density at radius 1 is 1.32 bits per heavy atom. The summed E-state index contributed by atoms with van der Waals surface area (Å²) < 4.78 is 0. The number of nitrogens with zero attached hydrogens (tertiary/aromatic N) is 2. The minimum atomic E-state index is 0.595. The van der Waals surface area contributed by atoms with Crippen LogP contribution in [0, 0.1) is 5.41 Å². The van der Waals surface area contributed by atoms with Gasteiger partial charge in [-0.1, -0.05) is 19.4 Å². The average Bonchev–Trinajstić information content (AvgIpc) is 2.45. The maximum atomic E-state index is 4.44. The Hall–Kier alpha value is -1.09. The number of piperidine rings is 1. The minimum Gasteiger partial charge on any atom is -0.357 e. The second kappa shape index (κ2) is 5.49. The third kappa shape index (κ3) is 3.08. The van der Waals surface area contributed by atoms with Crippen molar-refractivity contribution in [3.63, 3.8) is 0 Å². The van der Waals surface area contributed by atoms with Crippen LogP contribution in [0.25, 0.3) is 0 Å². The average molecular weight is 259 g/mol. The molecule has 2 heterocycles. The first-order valence-corrected chi connectivity index (χ1v) is 7.65. The molecule has 1 aromatic rings. The second-order valence-electron chi connectivity index (χ2n) is 6.49. The lowest BCUT2D eigenvalue weighted by molar-refractivity contribution is 0.148. The third-order valence-electron chi connectivity index (χ3n) is 4.85. The summed E-state index contributed by atoms with van der Waals surface area (Å²) in [4.78, 5) is 6.85. The molecule has 0 aromatic carbocycles. The monoisotopic (exact) mass is 259 g/mol. The second-order valence-corrected chi connectivity index (χ2v) is 6.49. The minimum absolute atomic E-state index is 0.595. The molecule has 3 rings (SSSR count). The van der Waals surface area contributed by atoms with Crippen LogP contribution in [0.3, 0.4) is 0 Å². The highest BCUT2D eigenvalue weighted by Gasteiger charge is 2.32. The first-order chi connectivity index (χ1) is 9.25. The lowest BCUT2D eigenvalue weighted by Gasteiger charge is -2.41. The summed E-state index contributed by atoms with van der Waals surface area (Å²) in [5.41, 5.74) is 0.595. The molecule has 0 radical (unpaired) electrons. The van der Waals surface area contributed by atoms with E-state index in [1.165, 1.54) is 38.6 Å². The van der Waals surface area contributed by atoms with Gasteiger partial charge in [-0.25, -0.2) is 4.98 Å². The molecular weight excluding hydrogens is 234 g/mol. The van der Waals surface area contributed by atoms with Crippen molar-refractivity contribution in [1.82, 2.24) is 10.3 Å². The van der Waals surface area contributed by atoms with Gasteiger partial charge < -0.3 is 10.2 Å². The van der Waals surface area contributed by atoms with Gasteiger partial charge >= 0.3 is 0 Å². The van der Waals surface area contributed by atoms with Crippen molar-refractivity contribution in [2.24, 2.45) is 5.41 Å². The van der Waals surface area contributed by atoms with E-state index in [0.29, 0.717) is 11.5 Å².